The van der Waals surface area contributed by atoms with E-state index < -0.39 is 30.0 Å². The second-order valence-electron chi connectivity index (χ2n) is 6.47. The number of urea groups is 2. The monoisotopic (exact) mass is 414 g/mol. The Morgan fingerprint density at radius 1 is 0.833 bits per heavy atom. The molecule has 0 aliphatic carbocycles. The zero-order valence-electron chi connectivity index (χ0n) is 15.9. The first-order valence-electron chi connectivity index (χ1n) is 8.99. The molecule has 158 valence electrons. The van der Waals surface area contributed by atoms with Crippen molar-refractivity contribution in [2.75, 3.05) is 10.6 Å². The number of hydrogen-bond acceptors (Lipinski definition) is 4. The zero-order valence-corrected chi connectivity index (χ0v) is 15.9. The van der Waals surface area contributed by atoms with Gasteiger partial charge in [-0.25, -0.2) is 14.4 Å². The molecule has 0 bridgehead atoms. The van der Waals surface area contributed by atoms with Gasteiger partial charge in [-0.3, -0.25) is 4.79 Å². The van der Waals surface area contributed by atoms with Crippen molar-refractivity contribution in [2.45, 2.75) is 25.3 Å². The highest BCUT2D eigenvalue weighted by atomic mass is 16.4. The number of nitrogens with two attached hydrogens (primary N) is 1. The summed E-state index contributed by atoms with van der Waals surface area (Å²) in [7, 11) is 0. The Bertz CT molecular complexity index is 912. The Kier molecular flexibility index (Phi) is 7.74. The fourth-order valence-corrected chi connectivity index (χ4v) is 2.63. The van der Waals surface area contributed by atoms with Gasteiger partial charge in [-0.05, 0) is 41.8 Å². The van der Waals surface area contributed by atoms with E-state index in [1.165, 1.54) is 0 Å². The van der Waals surface area contributed by atoms with Crippen LogP contribution in [0.3, 0.4) is 0 Å². The second-order valence-corrected chi connectivity index (χ2v) is 6.47. The third-order valence-electron chi connectivity index (χ3n) is 4.11. The van der Waals surface area contributed by atoms with Gasteiger partial charge in [-0.15, -0.1) is 0 Å². The summed E-state index contributed by atoms with van der Waals surface area (Å²) >= 11 is 0. The number of benzene rings is 2. The minimum Gasteiger partial charge on any atom is -0.481 e. The summed E-state index contributed by atoms with van der Waals surface area (Å²) < 4.78 is 0. The molecule has 2 aromatic carbocycles. The van der Waals surface area contributed by atoms with Gasteiger partial charge in [0.2, 0.25) is 0 Å². The SMILES string of the molecule is NC(=O)N[C@@H](Cc1ccc(NC(=O)Nc2ccc(CCC(=O)O)cc2)cc1)C(=O)O. The highest BCUT2D eigenvalue weighted by Crippen LogP contribution is 2.14. The molecule has 0 aliphatic heterocycles. The van der Waals surface area contributed by atoms with Crippen LogP contribution in [0.5, 0.6) is 0 Å². The van der Waals surface area contributed by atoms with Gasteiger partial charge < -0.3 is 31.9 Å². The molecule has 0 fully saturated rings. The molecule has 4 amide bonds. The maximum absolute atomic E-state index is 12.1. The average Bonchev–Trinajstić information content (AvgIpc) is 2.68. The van der Waals surface area contributed by atoms with Crippen LogP contribution in [0.25, 0.3) is 0 Å². The molecule has 0 spiro atoms. The standard InChI is InChI=1S/C20H22N4O6/c21-19(29)24-16(18(27)28)11-13-3-8-15(9-4-13)23-20(30)22-14-6-1-12(2-7-14)5-10-17(25)26/h1-4,6-9,16H,5,10-11H2,(H,25,26)(H,27,28)(H3,21,24,29)(H2,22,23,30)/t16-/m0/s1. The summed E-state index contributed by atoms with van der Waals surface area (Å²) in [5.41, 5.74) is 7.50. The first kappa shape index (κ1) is 22.2. The maximum Gasteiger partial charge on any atom is 0.326 e. The van der Waals surface area contributed by atoms with Gasteiger partial charge in [-0.1, -0.05) is 24.3 Å². The molecule has 0 radical (unpaired) electrons. The quantitative estimate of drug-likeness (QED) is 0.366. The van der Waals surface area contributed by atoms with Gasteiger partial charge in [0.15, 0.2) is 0 Å². The molecule has 2 rings (SSSR count). The summed E-state index contributed by atoms with van der Waals surface area (Å²) in [6.07, 6.45) is 0.486. The number of hydrogen-bond donors (Lipinski definition) is 6. The van der Waals surface area contributed by atoms with E-state index in [1.807, 2.05) is 0 Å². The van der Waals surface area contributed by atoms with Gasteiger partial charge in [0, 0.05) is 24.2 Å². The zero-order chi connectivity index (χ0) is 22.1. The van der Waals surface area contributed by atoms with Crippen molar-refractivity contribution >= 4 is 35.4 Å². The third-order valence-corrected chi connectivity index (χ3v) is 4.11. The Labute approximate surface area is 172 Å². The average molecular weight is 414 g/mol. The van der Waals surface area contributed by atoms with Gasteiger partial charge in [0.05, 0.1) is 0 Å². The molecule has 0 saturated carbocycles. The minimum atomic E-state index is -1.20. The van der Waals surface area contributed by atoms with Crippen molar-refractivity contribution in [1.29, 1.82) is 0 Å². The predicted octanol–water partition coefficient (Wildman–Crippen LogP) is 2.01. The second kappa shape index (κ2) is 10.5. The van der Waals surface area contributed by atoms with Crippen molar-refractivity contribution in [2.24, 2.45) is 5.73 Å². The first-order valence-corrected chi connectivity index (χ1v) is 8.99. The van der Waals surface area contributed by atoms with Crippen LogP contribution in [0.2, 0.25) is 0 Å². The van der Waals surface area contributed by atoms with E-state index in [0.29, 0.717) is 23.4 Å². The van der Waals surface area contributed by atoms with Crippen LogP contribution < -0.4 is 21.7 Å². The molecule has 30 heavy (non-hydrogen) atoms. The summed E-state index contributed by atoms with van der Waals surface area (Å²) in [6.45, 7) is 0. The lowest BCUT2D eigenvalue weighted by molar-refractivity contribution is -0.139. The van der Waals surface area contributed by atoms with Gasteiger partial charge in [0.1, 0.15) is 6.04 Å². The number of carbonyl (C=O) groups is 4. The van der Waals surface area contributed by atoms with Crippen LogP contribution in [0.15, 0.2) is 48.5 Å². The largest absolute Gasteiger partial charge is 0.481 e. The van der Waals surface area contributed by atoms with Crippen molar-refractivity contribution < 1.29 is 29.4 Å². The topological polar surface area (TPSA) is 171 Å². The van der Waals surface area contributed by atoms with Crippen molar-refractivity contribution in [3.8, 4) is 0 Å². The lowest BCUT2D eigenvalue weighted by atomic mass is 10.1. The highest BCUT2D eigenvalue weighted by Gasteiger charge is 2.19. The van der Waals surface area contributed by atoms with Crippen LogP contribution in [0, 0.1) is 0 Å². The smallest absolute Gasteiger partial charge is 0.326 e. The van der Waals surface area contributed by atoms with Crippen LogP contribution in [0.4, 0.5) is 21.0 Å². The fourth-order valence-electron chi connectivity index (χ4n) is 2.63. The molecule has 0 aliphatic rings. The number of carboxylic acids is 2. The van der Waals surface area contributed by atoms with Gasteiger partial charge in [-0.2, -0.15) is 0 Å². The number of carbonyl (C=O) groups excluding carboxylic acids is 2. The van der Waals surface area contributed by atoms with E-state index in [-0.39, 0.29) is 12.8 Å². The van der Waals surface area contributed by atoms with E-state index in [2.05, 4.69) is 16.0 Å². The van der Waals surface area contributed by atoms with Crippen LogP contribution in [-0.4, -0.2) is 40.3 Å². The summed E-state index contributed by atoms with van der Waals surface area (Å²) in [4.78, 5) is 44.7. The van der Waals surface area contributed by atoms with Crippen molar-refractivity contribution in [3.63, 3.8) is 0 Å². The lowest BCUT2D eigenvalue weighted by Gasteiger charge is -2.13. The molecule has 0 heterocycles. The molecule has 0 unspecified atom stereocenters. The molecule has 10 nitrogen and oxygen atoms in total. The lowest BCUT2D eigenvalue weighted by Crippen LogP contribution is -2.44. The van der Waals surface area contributed by atoms with E-state index in [0.717, 1.165) is 5.56 Å². The molecule has 0 saturated heterocycles. The van der Waals surface area contributed by atoms with Crippen molar-refractivity contribution in [3.05, 3.63) is 59.7 Å². The van der Waals surface area contributed by atoms with Crippen LogP contribution in [0.1, 0.15) is 17.5 Å². The van der Waals surface area contributed by atoms with E-state index in [4.69, 9.17) is 15.9 Å². The highest BCUT2D eigenvalue weighted by molar-refractivity contribution is 5.99. The first-order chi connectivity index (χ1) is 14.2. The number of carboxylic acid groups (broad SMARTS) is 2. The van der Waals surface area contributed by atoms with Gasteiger partial charge in [0.25, 0.3) is 0 Å². The third kappa shape index (κ3) is 7.50. The number of primary amides is 1. The summed E-state index contributed by atoms with van der Waals surface area (Å²) in [6, 6.07) is 10.8. The maximum atomic E-state index is 12.1. The van der Waals surface area contributed by atoms with Gasteiger partial charge >= 0.3 is 24.0 Å². The predicted molar refractivity (Wildman–Crippen MR) is 109 cm³/mol. The molecule has 0 aromatic heterocycles. The molecule has 7 N–H and O–H groups in total. The Balaban J connectivity index is 1.89. The van der Waals surface area contributed by atoms with E-state index in [9.17, 15) is 19.2 Å². The van der Waals surface area contributed by atoms with Crippen molar-refractivity contribution in [1.82, 2.24) is 5.32 Å². The number of amides is 4. The Morgan fingerprint density at radius 3 is 1.77 bits per heavy atom. The summed E-state index contributed by atoms with van der Waals surface area (Å²) in [5.74, 6) is -2.07. The number of rotatable bonds is 9. The normalized spacial score (nSPS) is 11.2. The number of anilines is 2. The molecular formula is C20H22N4O6. The van der Waals surface area contributed by atoms with Crippen LogP contribution >= 0.6 is 0 Å². The number of aliphatic carboxylic acids is 2. The molecule has 10 heteroatoms. The number of nitrogens with one attached hydrogen (secondary N) is 3. The van der Waals surface area contributed by atoms with E-state index >= 15 is 0 Å². The molecule has 1 atom stereocenters. The van der Waals surface area contributed by atoms with Crippen LogP contribution in [-0.2, 0) is 22.4 Å². The number of aryl methyl sites for hydroxylation is 1. The Hall–Kier alpha value is -4.08. The Morgan fingerprint density at radius 2 is 1.33 bits per heavy atom. The fraction of sp³-hybridized carbons (Fsp3) is 0.200. The minimum absolute atomic E-state index is 0.0368. The summed E-state index contributed by atoms with van der Waals surface area (Å²) in [5, 5.41) is 25.3. The van der Waals surface area contributed by atoms with E-state index in [1.54, 1.807) is 48.5 Å². The molecule has 2 aromatic rings. The molecular weight excluding hydrogens is 392 g/mol.